The van der Waals surface area contributed by atoms with E-state index in [1.165, 1.54) is 0 Å². The van der Waals surface area contributed by atoms with E-state index in [9.17, 15) is 9.59 Å². The molecule has 2 N–H and O–H groups in total. The summed E-state index contributed by atoms with van der Waals surface area (Å²) in [4.78, 5) is 23.5. The zero-order chi connectivity index (χ0) is 15.2. The van der Waals surface area contributed by atoms with Gasteiger partial charge in [0, 0.05) is 18.0 Å². The molecule has 1 aliphatic carbocycles. The summed E-state index contributed by atoms with van der Waals surface area (Å²) in [6, 6.07) is 5.16. The first-order valence-corrected chi connectivity index (χ1v) is 7.88. The molecule has 0 atom stereocenters. The van der Waals surface area contributed by atoms with Crippen LogP contribution < -0.4 is 10.6 Å². The highest BCUT2D eigenvalue weighted by Crippen LogP contribution is 2.29. The minimum atomic E-state index is -0.0370. The summed E-state index contributed by atoms with van der Waals surface area (Å²) in [6.45, 7) is 2.04. The molecule has 1 aliphatic rings. The minimum absolute atomic E-state index is 0.0370. The zero-order valence-corrected chi connectivity index (χ0v) is 13.0. The summed E-state index contributed by atoms with van der Waals surface area (Å²) >= 11 is 6.15. The molecule has 2 rings (SSSR count). The lowest BCUT2D eigenvalue weighted by Crippen LogP contribution is -2.28. The molecule has 21 heavy (non-hydrogen) atoms. The fourth-order valence-electron chi connectivity index (χ4n) is 2.16. The molecule has 0 radical (unpaired) electrons. The number of rotatable bonds is 6. The predicted octanol–water partition coefficient (Wildman–Crippen LogP) is 4.21. The van der Waals surface area contributed by atoms with E-state index in [4.69, 9.17) is 11.6 Å². The van der Waals surface area contributed by atoms with E-state index < -0.39 is 0 Å². The maximum atomic E-state index is 11.9. The first-order chi connectivity index (χ1) is 10.1. The molecule has 1 aromatic carbocycles. The number of benzene rings is 1. The summed E-state index contributed by atoms with van der Waals surface area (Å²) in [7, 11) is 0. The van der Waals surface area contributed by atoms with Gasteiger partial charge in [0.2, 0.25) is 11.8 Å². The van der Waals surface area contributed by atoms with Crippen molar-refractivity contribution in [3.8, 4) is 0 Å². The molecule has 114 valence electrons. The number of hydrogen-bond acceptors (Lipinski definition) is 2. The van der Waals surface area contributed by atoms with Crippen LogP contribution in [0, 0.1) is 5.92 Å². The lowest BCUT2D eigenvalue weighted by molar-refractivity contribution is -0.122. The van der Waals surface area contributed by atoms with E-state index in [0.717, 1.165) is 32.1 Å². The van der Waals surface area contributed by atoms with Gasteiger partial charge in [-0.05, 0) is 37.5 Å². The third-order valence-electron chi connectivity index (χ3n) is 3.74. The van der Waals surface area contributed by atoms with Crippen LogP contribution in [0.4, 0.5) is 11.4 Å². The van der Waals surface area contributed by atoms with Crippen LogP contribution in [0.15, 0.2) is 18.2 Å². The topological polar surface area (TPSA) is 58.2 Å². The Balaban J connectivity index is 1.93. The second-order valence-corrected chi connectivity index (χ2v) is 5.87. The van der Waals surface area contributed by atoms with Crippen LogP contribution in [-0.4, -0.2) is 11.8 Å². The van der Waals surface area contributed by atoms with Crippen molar-refractivity contribution in [3.63, 3.8) is 0 Å². The predicted molar refractivity (Wildman–Crippen MR) is 85.6 cm³/mol. The number of nitrogens with one attached hydrogen (secondary N) is 2. The van der Waals surface area contributed by atoms with E-state index in [1.807, 2.05) is 6.92 Å². The van der Waals surface area contributed by atoms with Crippen LogP contribution in [0.2, 0.25) is 5.02 Å². The quantitative estimate of drug-likeness (QED) is 0.827. The molecular weight excluding hydrogens is 288 g/mol. The van der Waals surface area contributed by atoms with E-state index in [2.05, 4.69) is 10.6 Å². The Labute approximate surface area is 130 Å². The van der Waals surface area contributed by atoms with Gasteiger partial charge >= 0.3 is 0 Å². The summed E-state index contributed by atoms with van der Waals surface area (Å²) in [6.07, 6.45) is 5.39. The van der Waals surface area contributed by atoms with Gasteiger partial charge in [-0.3, -0.25) is 9.59 Å². The molecule has 0 aliphatic heterocycles. The van der Waals surface area contributed by atoms with Crippen LogP contribution in [0.1, 0.15) is 45.4 Å². The molecule has 5 heteroatoms. The van der Waals surface area contributed by atoms with Crippen LogP contribution >= 0.6 is 11.6 Å². The smallest absolute Gasteiger partial charge is 0.227 e. The monoisotopic (exact) mass is 308 g/mol. The van der Waals surface area contributed by atoms with Gasteiger partial charge in [0.15, 0.2) is 0 Å². The summed E-state index contributed by atoms with van der Waals surface area (Å²) in [5, 5.41) is 6.09. The van der Waals surface area contributed by atoms with Crippen molar-refractivity contribution >= 4 is 34.8 Å². The standard InChI is InChI=1S/C16H21ClN2O2/c1-2-3-7-15(20)19-14-9-8-12(10-13(14)17)18-16(21)11-5-4-6-11/h8-11H,2-7H2,1H3,(H,18,21)(H,19,20). The minimum Gasteiger partial charge on any atom is -0.326 e. The number of amides is 2. The number of anilines is 2. The zero-order valence-electron chi connectivity index (χ0n) is 12.2. The molecule has 1 aromatic rings. The number of carbonyl (C=O) groups is 2. The fourth-order valence-corrected chi connectivity index (χ4v) is 2.39. The molecule has 2 amide bonds. The molecule has 0 spiro atoms. The highest BCUT2D eigenvalue weighted by atomic mass is 35.5. The molecule has 0 aromatic heterocycles. The van der Waals surface area contributed by atoms with Crippen molar-refractivity contribution in [2.75, 3.05) is 10.6 Å². The molecular formula is C16H21ClN2O2. The third kappa shape index (κ3) is 4.46. The number of carbonyl (C=O) groups excluding carboxylic acids is 2. The molecule has 1 saturated carbocycles. The van der Waals surface area contributed by atoms with Crippen molar-refractivity contribution in [2.24, 2.45) is 5.92 Å². The van der Waals surface area contributed by atoms with Crippen LogP contribution in [0.25, 0.3) is 0 Å². The average Bonchev–Trinajstić information content (AvgIpc) is 2.37. The van der Waals surface area contributed by atoms with Gasteiger partial charge in [-0.15, -0.1) is 0 Å². The molecule has 0 unspecified atom stereocenters. The van der Waals surface area contributed by atoms with Crippen molar-refractivity contribution in [2.45, 2.75) is 45.4 Å². The Bertz CT molecular complexity index is 527. The Morgan fingerprint density at radius 3 is 2.62 bits per heavy atom. The van der Waals surface area contributed by atoms with E-state index in [0.29, 0.717) is 22.8 Å². The van der Waals surface area contributed by atoms with E-state index >= 15 is 0 Å². The fraction of sp³-hybridized carbons (Fsp3) is 0.500. The second-order valence-electron chi connectivity index (χ2n) is 5.46. The van der Waals surface area contributed by atoms with Crippen molar-refractivity contribution in [1.29, 1.82) is 0 Å². The maximum Gasteiger partial charge on any atom is 0.227 e. The lowest BCUT2D eigenvalue weighted by Gasteiger charge is -2.24. The van der Waals surface area contributed by atoms with Gasteiger partial charge in [0.05, 0.1) is 10.7 Å². The molecule has 0 saturated heterocycles. The largest absolute Gasteiger partial charge is 0.326 e. The van der Waals surface area contributed by atoms with E-state index in [-0.39, 0.29) is 17.7 Å². The molecule has 4 nitrogen and oxygen atoms in total. The highest BCUT2D eigenvalue weighted by Gasteiger charge is 2.25. The van der Waals surface area contributed by atoms with E-state index in [1.54, 1.807) is 18.2 Å². The van der Waals surface area contributed by atoms with Gasteiger partial charge in [0.25, 0.3) is 0 Å². The Morgan fingerprint density at radius 2 is 2.05 bits per heavy atom. The van der Waals surface area contributed by atoms with Gasteiger partial charge in [0.1, 0.15) is 0 Å². The normalized spacial score (nSPS) is 14.4. The van der Waals surface area contributed by atoms with Gasteiger partial charge in [-0.25, -0.2) is 0 Å². The average molecular weight is 309 g/mol. The second kappa shape index (κ2) is 7.46. The van der Waals surface area contributed by atoms with Gasteiger partial charge in [-0.1, -0.05) is 31.4 Å². The lowest BCUT2D eigenvalue weighted by atomic mass is 9.85. The maximum absolute atomic E-state index is 11.9. The summed E-state index contributed by atoms with van der Waals surface area (Å²) < 4.78 is 0. The Kier molecular flexibility index (Phi) is 5.62. The number of halogens is 1. The van der Waals surface area contributed by atoms with Gasteiger partial charge in [-0.2, -0.15) is 0 Å². The van der Waals surface area contributed by atoms with Crippen LogP contribution in [0.5, 0.6) is 0 Å². The van der Waals surface area contributed by atoms with Crippen molar-refractivity contribution in [3.05, 3.63) is 23.2 Å². The van der Waals surface area contributed by atoms with Crippen LogP contribution in [0.3, 0.4) is 0 Å². The third-order valence-corrected chi connectivity index (χ3v) is 4.06. The Hall–Kier alpha value is -1.55. The van der Waals surface area contributed by atoms with Crippen molar-refractivity contribution in [1.82, 2.24) is 0 Å². The number of unbranched alkanes of at least 4 members (excludes halogenated alkanes) is 1. The first kappa shape index (κ1) is 15.8. The number of hydrogen-bond donors (Lipinski definition) is 2. The SMILES string of the molecule is CCCCC(=O)Nc1ccc(NC(=O)C2CCC2)cc1Cl. The molecule has 0 heterocycles. The highest BCUT2D eigenvalue weighted by molar-refractivity contribution is 6.34. The first-order valence-electron chi connectivity index (χ1n) is 7.50. The molecule has 1 fully saturated rings. The molecule has 0 bridgehead atoms. The Morgan fingerprint density at radius 1 is 1.29 bits per heavy atom. The van der Waals surface area contributed by atoms with Crippen LogP contribution in [-0.2, 0) is 9.59 Å². The summed E-state index contributed by atoms with van der Waals surface area (Å²) in [5.74, 6) is 0.152. The van der Waals surface area contributed by atoms with Gasteiger partial charge < -0.3 is 10.6 Å². The van der Waals surface area contributed by atoms with Crippen molar-refractivity contribution < 1.29 is 9.59 Å². The summed E-state index contributed by atoms with van der Waals surface area (Å²) in [5.41, 5.74) is 1.25.